The molecule has 16 heavy (non-hydrogen) atoms. The zero-order chi connectivity index (χ0) is 10.5. The molecule has 0 aromatic heterocycles. The largest absolute Gasteiger partial charge is 0.461 e. The van der Waals surface area contributed by atoms with Gasteiger partial charge in [-0.3, -0.25) is 4.79 Å². The van der Waals surface area contributed by atoms with Crippen LogP contribution < -0.4 is 5.32 Å². The number of hydrogen-bond donors (Lipinski definition) is 1. The fraction of sp³-hybridized carbons (Fsp3) is 0.417. The molecule has 3 nitrogen and oxygen atoms in total. The number of ether oxygens (including phenoxy) is 1. The van der Waals surface area contributed by atoms with Crippen LogP contribution in [-0.2, 0) is 16.1 Å². The Hall–Kier alpha value is -1.06. The van der Waals surface area contributed by atoms with Gasteiger partial charge in [-0.25, -0.2) is 0 Å². The van der Waals surface area contributed by atoms with Gasteiger partial charge in [0, 0.05) is 6.54 Å². The van der Waals surface area contributed by atoms with Crippen LogP contribution in [0.4, 0.5) is 0 Å². The van der Waals surface area contributed by atoms with E-state index >= 15 is 0 Å². The van der Waals surface area contributed by atoms with Crippen molar-refractivity contribution in [2.75, 3.05) is 13.1 Å². The molecule has 1 aromatic carbocycles. The molecule has 1 atom stereocenters. The first kappa shape index (κ1) is 13.0. The second-order valence-corrected chi connectivity index (χ2v) is 3.78. The number of rotatable bonds is 3. The van der Waals surface area contributed by atoms with Crippen LogP contribution in [0.1, 0.15) is 12.0 Å². The summed E-state index contributed by atoms with van der Waals surface area (Å²) in [5.74, 6) is -0.0300. The van der Waals surface area contributed by atoms with E-state index in [4.69, 9.17) is 4.74 Å². The highest BCUT2D eigenvalue weighted by Crippen LogP contribution is 2.11. The Morgan fingerprint density at radius 3 is 2.75 bits per heavy atom. The molecular weight excluding hydrogens is 226 g/mol. The van der Waals surface area contributed by atoms with E-state index in [0.29, 0.717) is 6.61 Å². The maximum atomic E-state index is 11.6. The normalized spacial score (nSPS) is 18.9. The van der Waals surface area contributed by atoms with Crippen molar-refractivity contribution in [1.29, 1.82) is 0 Å². The summed E-state index contributed by atoms with van der Waals surface area (Å²) in [6.07, 6.45) is 0.896. The van der Waals surface area contributed by atoms with E-state index in [0.717, 1.165) is 25.1 Å². The molecule has 0 bridgehead atoms. The third-order valence-corrected chi connectivity index (χ3v) is 2.62. The van der Waals surface area contributed by atoms with Gasteiger partial charge in [-0.1, -0.05) is 30.3 Å². The lowest BCUT2D eigenvalue weighted by Crippen LogP contribution is -2.20. The lowest BCUT2D eigenvalue weighted by Gasteiger charge is -2.08. The zero-order valence-electron chi connectivity index (χ0n) is 9.02. The lowest BCUT2D eigenvalue weighted by atomic mass is 10.1. The van der Waals surface area contributed by atoms with Crippen molar-refractivity contribution < 1.29 is 9.53 Å². The van der Waals surface area contributed by atoms with Crippen molar-refractivity contribution in [1.82, 2.24) is 5.32 Å². The number of carbonyl (C=O) groups is 1. The summed E-state index contributed by atoms with van der Waals surface area (Å²) in [5.41, 5.74) is 1.04. The van der Waals surface area contributed by atoms with Crippen LogP contribution >= 0.6 is 12.4 Å². The van der Waals surface area contributed by atoms with E-state index in [9.17, 15) is 4.79 Å². The van der Waals surface area contributed by atoms with Crippen LogP contribution in [0.25, 0.3) is 0 Å². The second-order valence-electron chi connectivity index (χ2n) is 3.78. The predicted octanol–water partition coefficient (Wildman–Crippen LogP) is 1.76. The topological polar surface area (TPSA) is 38.3 Å². The minimum absolute atomic E-state index is 0. The molecule has 0 amide bonds. The average molecular weight is 242 g/mol. The minimum atomic E-state index is -0.0798. The van der Waals surface area contributed by atoms with Crippen LogP contribution in [0, 0.1) is 5.92 Å². The quantitative estimate of drug-likeness (QED) is 0.820. The molecule has 1 heterocycles. The average Bonchev–Trinajstić information content (AvgIpc) is 2.81. The maximum absolute atomic E-state index is 11.6. The van der Waals surface area contributed by atoms with Crippen LogP contribution in [0.5, 0.6) is 0 Å². The first-order valence-corrected chi connectivity index (χ1v) is 5.27. The Balaban J connectivity index is 0.00000128. The van der Waals surface area contributed by atoms with Gasteiger partial charge in [0.2, 0.25) is 0 Å². The first-order valence-electron chi connectivity index (χ1n) is 5.27. The molecular formula is C12H16ClNO2. The first-order chi connectivity index (χ1) is 7.36. The molecule has 1 N–H and O–H groups in total. The van der Waals surface area contributed by atoms with Gasteiger partial charge >= 0.3 is 5.97 Å². The van der Waals surface area contributed by atoms with Crippen molar-refractivity contribution in [3.63, 3.8) is 0 Å². The summed E-state index contributed by atoms with van der Waals surface area (Å²) in [6.45, 7) is 2.06. The SMILES string of the molecule is Cl.O=C(OCc1ccccc1)C1CCNC1. The second kappa shape index (κ2) is 6.51. The summed E-state index contributed by atoms with van der Waals surface area (Å²) in [5, 5.41) is 3.15. The Morgan fingerprint density at radius 1 is 1.38 bits per heavy atom. The summed E-state index contributed by atoms with van der Waals surface area (Å²) in [7, 11) is 0. The summed E-state index contributed by atoms with van der Waals surface area (Å²) >= 11 is 0. The third kappa shape index (κ3) is 3.51. The molecule has 1 aromatic rings. The zero-order valence-corrected chi connectivity index (χ0v) is 9.83. The van der Waals surface area contributed by atoms with E-state index in [-0.39, 0.29) is 24.3 Å². The lowest BCUT2D eigenvalue weighted by molar-refractivity contribution is -0.149. The van der Waals surface area contributed by atoms with Gasteiger partial charge in [0.1, 0.15) is 6.61 Å². The molecule has 0 aliphatic carbocycles. The van der Waals surface area contributed by atoms with Crippen molar-refractivity contribution >= 4 is 18.4 Å². The predicted molar refractivity (Wildman–Crippen MR) is 64.5 cm³/mol. The monoisotopic (exact) mass is 241 g/mol. The van der Waals surface area contributed by atoms with Crippen LogP contribution in [0.3, 0.4) is 0 Å². The smallest absolute Gasteiger partial charge is 0.310 e. The van der Waals surface area contributed by atoms with Crippen LogP contribution in [-0.4, -0.2) is 19.1 Å². The molecule has 88 valence electrons. The van der Waals surface area contributed by atoms with Crippen LogP contribution in [0.15, 0.2) is 30.3 Å². The number of halogens is 1. The Labute approximate surface area is 102 Å². The molecule has 0 radical (unpaired) electrons. The van der Waals surface area contributed by atoms with Gasteiger partial charge in [-0.2, -0.15) is 0 Å². The highest BCUT2D eigenvalue weighted by Gasteiger charge is 2.23. The third-order valence-electron chi connectivity index (χ3n) is 2.62. The molecule has 1 saturated heterocycles. The van der Waals surface area contributed by atoms with Crippen molar-refractivity contribution in [2.45, 2.75) is 13.0 Å². The molecule has 0 saturated carbocycles. The van der Waals surface area contributed by atoms with Gasteiger partial charge in [-0.05, 0) is 18.5 Å². The summed E-state index contributed by atoms with van der Waals surface area (Å²) in [4.78, 5) is 11.6. The highest BCUT2D eigenvalue weighted by molar-refractivity contribution is 5.85. The molecule has 1 unspecified atom stereocenters. The number of carbonyl (C=O) groups excluding carboxylic acids is 1. The van der Waals surface area contributed by atoms with Gasteiger partial charge in [-0.15, -0.1) is 12.4 Å². The van der Waals surface area contributed by atoms with Crippen molar-refractivity contribution in [3.8, 4) is 0 Å². The van der Waals surface area contributed by atoms with Crippen molar-refractivity contribution in [2.24, 2.45) is 5.92 Å². The maximum Gasteiger partial charge on any atom is 0.310 e. The summed E-state index contributed by atoms with van der Waals surface area (Å²) in [6, 6.07) is 9.76. The Kier molecular flexibility index (Phi) is 5.29. The van der Waals surface area contributed by atoms with Gasteiger partial charge < -0.3 is 10.1 Å². The number of benzene rings is 1. The highest BCUT2D eigenvalue weighted by atomic mass is 35.5. The molecule has 1 aliphatic rings. The van der Waals surface area contributed by atoms with E-state index in [1.54, 1.807) is 0 Å². The van der Waals surface area contributed by atoms with E-state index in [1.807, 2.05) is 30.3 Å². The molecule has 4 heteroatoms. The van der Waals surface area contributed by atoms with Gasteiger partial charge in [0.25, 0.3) is 0 Å². The van der Waals surface area contributed by atoms with Crippen molar-refractivity contribution in [3.05, 3.63) is 35.9 Å². The van der Waals surface area contributed by atoms with Gasteiger partial charge in [0.15, 0.2) is 0 Å². The molecule has 0 spiro atoms. The van der Waals surface area contributed by atoms with E-state index < -0.39 is 0 Å². The Bertz CT molecular complexity index is 323. The molecule has 1 fully saturated rings. The standard InChI is InChI=1S/C12H15NO2.ClH/c14-12(11-6-7-13-8-11)15-9-10-4-2-1-3-5-10;/h1-5,11,13H,6-9H2;1H. The summed E-state index contributed by atoms with van der Waals surface area (Å²) < 4.78 is 5.23. The number of esters is 1. The fourth-order valence-corrected chi connectivity index (χ4v) is 1.70. The van der Waals surface area contributed by atoms with E-state index in [2.05, 4.69) is 5.32 Å². The number of hydrogen-bond acceptors (Lipinski definition) is 3. The minimum Gasteiger partial charge on any atom is -0.461 e. The van der Waals surface area contributed by atoms with Gasteiger partial charge in [0.05, 0.1) is 5.92 Å². The molecule has 2 rings (SSSR count). The van der Waals surface area contributed by atoms with E-state index in [1.165, 1.54) is 0 Å². The fourth-order valence-electron chi connectivity index (χ4n) is 1.70. The van der Waals surface area contributed by atoms with Crippen LogP contribution in [0.2, 0.25) is 0 Å². The number of nitrogens with one attached hydrogen (secondary N) is 1. The molecule has 1 aliphatic heterocycles. The Morgan fingerprint density at radius 2 is 2.12 bits per heavy atom.